The summed E-state index contributed by atoms with van der Waals surface area (Å²) in [5, 5.41) is 12.2. The van der Waals surface area contributed by atoms with Crippen molar-refractivity contribution in [2.24, 2.45) is 5.92 Å². The van der Waals surface area contributed by atoms with Crippen molar-refractivity contribution in [3.63, 3.8) is 0 Å². The fourth-order valence-corrected chi connectivity index (χ4v) is 3.88. The third-order valence-electron chi connectivity index (χ3n) is 5.81. The molecule has 2 aliphatic rings. The zero-order chi connectivity index (χ0) is 24.3. The van der Waals surface area contributed by atoms with E-state index in [4.69, 9.17) is 0 Å². The van der Waals surface area contributed by atoms with Crippen LogP contribution < -0.4 is 5.32 Å². The molecule has 1 N–H and O–H groups in total. The van der Waals surface area contributed by atoms with E-state index < -0.39 is 17.9 Å². The Balaban J connectivity index is 0.000000396. The van der Waals surface area contributed by atoms with Crippen LogP contribution in [0.5, 0.6) is 0 Å². The highest BCUT2D eigenvalue weighted by Crippen LogP contribution is 2.25. The predicted molar refractivity (Wildman–Crippen MR) is 132 cm³/mol. The van der Waals surface area contributed by atoms with Gasteiger partial charge in [0.2, 0.25) is 11.8 Å². The first-order valence-corrected chi connectivity index (χ1v) is 11.4. The standard InChI is InChI=1S/C21H19N3O3.C7H10/c22-13-18-11-16(21(27)23-17-9-5-2-6-10-17)14-24(18)20(26)12-19(25)15-7-3-1-4-8-15;1-7-5-3-2-4-6-7/h1-10,16,18H,11-12,14H2,(H,23,27);2-3,5H,4,6H2,1H3. The lowest BCUT2D eigenvalue weighted by molar-refractivity contribution is -0.130. The number of nitrogens with zero attached hydrogens (tertiary/aromatic N) is 2. The zero-order valence-corrected chi connectivity index (χ0v) is 19.3. The van der Waals surface area contributed by atoms with Crippen molar-refractivity contribution in [1.29, 1.82) is 5.26 Å². The van der Waals surface area contributed by atoms with E-state index in [1.807, 2.05) is 18.2 Å². The predicted octanol–water partition coefficient (Wildman–Crippen LogP) is 4.92. The third-order valence-corrected chi connectivity index (χ3v) is 5.81. The first kappa shape index (κ1) is 24.7. The lowest BCUT2D eigenvalue weighted by atomic mass is 10.1. The number of hydrogen-bond donors (Lipinski definition) is 1. The summed E-state index contributed by atoms with van der Waals surface area (Å²) in [5.41, 5.74) is 2.62. The van der Waals surface area contributed by atoms with Gasteiger partial charge in [0.15, 0.2) is 5.78 Å². The molecule has 34 heavy (non-hydrogen) atoms. The number of nitrogens with one attached hydrogen (secondary N) is 1. The number of carbonyl (C=O) groups excluding carboxylic acids is 3. The quantitative estimate of drug-likeness (QED) is 0.512. The van der Waals surface area contributed by atoms with E-state index in [-0.39, 0.29) is 31.1 Å². The van der Waals surface area contributed by atoms with E-state index in [1.165, 1.54) is 23.3 Å². The van der Waals surface area contributed by atoms with Crippen LogP contribution in [0.25, 0.3) is 0 Å². The Morgan fingerprint density at radius 3 is 2.29 bits per heavy atom. The fraction of sp³-hybridized carbons (Fsp3) is 0.286. The maximum atomic E-state index is 12.5. The summed E-state index contributed by atoms with van der Waals surface area (Å²) < 4.78 is 0. The van der Waals surface area contributed by atoms with Crippen molar-refractivity contribution in [2.45, 2.75) is 38.6 Å². The maximum absolute atomic E-state index is 12.5. The molecule has 6 nitrogen and oxygen atoms in total. The molecule has 0 aromatic heterocycles. The molecule has 0 spiro atoms. The summed E-state index contributed by atoms with van der Waals surface area (Å²) in [6, 6.07) is 18.9. The van der Waals surface area contributed by atoms with Gasteiger partial charge in [0, 0.05) is 17.8 Å². The van der Waals surface area contributed by atoms with Crippen LogP contribution in [0.3, 0.4) is 0 Å². The summed E-state index contributed by atoms with van der Waals surface area (Å²) in [7, 11) is 0. The zero-order valence-electron chi connectivity index (χ0n) is 19.3. The first-order chi connectivity index (χ1) is 16.5. The number of likely N-dealkylation sites (tertiary alicyclic amines) is 1. The van der Waals surface area contributed by atoms with Crippen molar-refractivity contribution in [2.75, 3.05) is 11.9 Å². The van der Waals surface area contributed by atoms with Gasteiger partial charge in [-0.05, 0) is 38.3 Å². The Bertz CT molecular complexity index is 1100. The molecule has 6 heteroatoms. The molecular weight excluding hydrogens is 426 g/mol. The second kappa shape index (κ2) is 12.3. The Morgan fingerprint density at radius 1 is 1.06 bits per heavy atom. The highest BCUT2D eigenvalue weighted by atomic mass is 16.2. The number of anilines is 1. The Hall–Kier alpha value is -3.98. The molecule has 2 atom stereocenters. The largest absolute Gasteiger partial charge is 0.326 e. The van der Waals surface area contributed by atoms with E-state index in [1.54, 1.807) is 42.5 Å². The summed E-state index contributed by atoms with van der Waals surface area (Å²) in [5.74, 6) is -1.43. The van der Waals surface area contributed by atoms with Crippen molar-refractivity contribution in [3.05, 3.63) is 90.0 Å². The monoisotopic (exact) mass is 455 g/mol. The molecule has 0 saturated carbocycles. The number of ketones is 1. The van der Waals surface area contributed by atoms with Crippen LogP contribution in [0.1, 0.15) is 43.0 Å². The lowest BCUT2D eigenvalue weighted by Crippen LogP contribution is -2.36. The molecule has 2 aromatic rings. The van der Waals surface area contributed by atoms with Gasteiger partial charge in [-0.15, -0.1) is 0 Å². The Morgan fingerprint density at radius 2 is 1.74 bits per heavy atom. The number of para-hydroxylation sites is 1. The molecule has 0 radical (unpaired) electrons. The van der Waals surface area contributed by atoms with Gasteiger partial charge in [-0.1, -0.05) is 72.3 Å². The molecule has 1 saturated heterocycles. The molecule has 1 aliphatic heterocycles. The summed E-state index contributed by atoms with van der Waals surface area (Å²) in [6.07, 6.45) is 8.95. The second-order valence-corrected chi connectivity index (χ2v) is 8.42. The number of allylic oxidation sites excluding steroid dienone is 4. The average Bonchev–Trinajstić information content (AvgIpc) is 3.31. The summed E-state index contributed by atoms with van der Waals surface area (Å²) in [4.78, 5) is 38.6. The van der Waals surface area contributed by atoms with E-state index >= 15 is 0 Å². The lowest BCUT2D eigenvalue weighted by Gasteiger charge is -2.19. The van der Waals surface area contributed by atoms with Gasteiger partial charge in [-0.3, -0.25) is 14.4 Å². The molecule has 2 unspecified atom stereocenters. The number of hydrogen-bond acceptors (Lipinski definition) is 4. The number of rotatable bonds is 5. The Labute approximate surface area is 200 Å². The molecule has 1 fully saturated rings. The normalized spacial score (nSPS) is 18.7. The van der Waals surface area contributed by atoms with Crippen molar-refractivity contribution >= 4 is 23.3 Å². The van der Waals surface area contributed by atoms with E-state index in [0.717, 1.165) is 0 Å². The van der Waals surface area contributed by atoms with Crippen molar-refractivity contribution < 1.29 is 14.4 Å². The van der Waals surface area contributed by atoms with Crippen LogP contribution in [0.4, 0.5) is 5.69 Å². The molecule has 4 rings (SSSR count). The van der Waals surface area contributed by atoms with Gasteiger partial charge in [0.1, 0.15) is 6.04 Å². The number of nitriles is 1. The first-order valence-electron chi connectivity index (χ1n) is 11.4. The fourth-order valence-electron chi connectivity index (χ4n) is 3.88. The maximum Gasteiger partial charge on any atom is 0.231 e. The van der Waals surface area contributed by atoms with Gasteiger partial charge in [0.05, 0.1) is 18.4 Å². The smallest absolute Gasteiger partial charge is 0.231 e. The molecule has 1 aliphatic carbocycles. The minimum absolute atomic E-state index is 0.137. The van der Waals surface area contributed by atoms with Crippen LogP contribution in [0, 0.1) is 17.2 Å². The van der Waals surface area contributed by atoms with Gasteiger partial charge in [-0.2, -0.15) is 5.26 Å². The Kier molecular flexibility index (Phi) is 8.93. The van der Waals surface area contributed by atoms with Gasteiger partial charge >= 0.3 is 0 Å². The van der Waals surface area contributed by atoms with Gasteiger partial charge in [0.25, 0.3) is 0 Å². The molecule has 2 amide bonds. The molecule has 2 aromatic carbocycles. The highest BCUT2D eigenvalue weighted by Gasteiger charge is 2.39. The number of carbonyl (C=O) groups is 3. The van der Waals surface area contributed by atoms with Crippen LogP contribution in [-0.2, 0) is 9.59 Å². The number of Topliss-reactive ketones (excluding diaryl/α,β-unsaturated/α-hetero) is 1. The van der Waals surface area contributed by atoms with Crippen molar-refractivity contribution in [1.82, 2.24) is 4.90 Å². The second-order valence-electron chi connectivity index (χ2n) is 8.42. The summed E-state index contributed by atoms with van der Waals surface area (Å²) >= 11 is 0. The highest BCUT2D eigenvalue weighted by molar-refractivity contribution is 6.07. The average molecular weight is 456 g/mol. The van der Waals surface area contributed by atoms with Gasteiger partial charge in [-0.25, -0.2) is 0 Å². The summed E-state index contributed by atoms with van der Waals surface area (Å²) in [6.45, 7) is 2.31. The number of amides is 2. The van der Waals surface area contributed by atoms with E-state index in [0.29, 0.717) is 11.3 Å². The SMILES string of the molecule is CC1=CC=CCC1.N#CC1CC(C(=O)Nc2ccccc2)CN1C(=O)CC(=O)c1ccccc1. The van der Waals surface area contributed by atoms with Crippen LogP contribution in [-0.4, -0.2) is 35.1 Å². The van der Waals surface area contributed by atoms with Crippen LogP contribution in [0.15, 0.2) is 84.5 Å². The molecule has 0 bridgehead atoms. The molecular formula is C28H29N3O3. The van der Waals surface area contributed by atoms with E-state index in [2.05, 4.69) is 36.5 Å². The van der Waals surface area contributed by atoms with Crippen LogP contribution >= 0.6 is 0 Å². The van der Waals surface area contributed by atoms with Crippen LogP contribution in [0.2, 0.25) is 0 Å². The van der Waals surface area contributed by atoms with Crippen molar-refractivity contribution in [3.8, 4) is 6.07 Å². The molecule has 1 heterocycles. The third kappa shape index (κ3) is 7.01. The topological polar surface area (TPSA) is 90.3 Å². The number of benzene rings is 2. The van der Waals surface area contributed by atoms with Gasteiger partial charge < -0.3 is 10.2 Å². The molecule has 174 valence electrons. The minimum atomic E-state index is -0.701. The minimum Gasteiger partial charge on any atom is -0.326 e. The van der Waals surface area contributed by atoms with E-state index in [9.17, 15) is 19.6 Å².